The quantitative estimate of drug-likeness (QED) is 0.223. The van der Waals surface area contributed by atoms with Gasteiger partial charge in [0, 0.05) is 0 Å². The molecule has 2 N–H and O–H groups in total. The summed E-state index contributed by atoms with van der Waals surface area (Å²) in [6.07, 6.45) is 0.721. The van der Waals surface area contributed by atoms with E-state index in [1.807, 2.05) is 4.93 Å². The van der Waals surface area contributed by atoms with E-state index in [2.05, 4.69) is 3.53 Å². The average molecular weight is 398 g/mol. The topological polar surface area (TPSA) is 66.4 Å². The molecule has 0 aromatic heterocycles. The molecule has 0 bridgehead atoms. The van der Waals surface area contributed by atoms with Crippen LogP contribution in [0.15, 0.2) is 0 Å². The Labute approximate surface area is 95.2 Å². The van der Waals surface area contributed by atoms with Crippen LogP contribution in [-0.2, 0) is 9.59 Å². The molecule has 4 nitrogen and oxygen atoms in total. The van der Waals surface area contributed by atoms with Crippen LogP contribution in [0.2, 0.25) is 0 Å². The van der Waals surface area contributed by atoms with Gasteiger partial charge in [0.1, 0.15) is 0 Å². The molecule has 0 aromatic rings. The van der Waals surface area contributed by atoms with Gasteiger partial charge in [-0.1, -0.05) is 0 Å². The summed E-state index contributed by atoms with van der Waals surface area (Å²) in [5.74, 6) is -0.866. The van der Waals surface area contributed by atoms with Crippen LogP contribution >= 0.6 is 22.6 Å². The number of nitrogens with one attached hydrogen (secondary N) is 1. The SMILES string of the molecule is C[I-]NC(CCC(=O)I)C(=O)O. The van der Waals surface area contributed by atoms with E-state index in [9.17, 15) is 9.59 Å². The molecule has 0 aromatic carbocycles. The van der Waals surface area contributed by atoms with Gasteiger partial charge in [0.25, 0.3) is 0 Å². The maximum absolute atomic E-state index is 10.5. The molecule has 6 heteroatoms. The van der Waals surface area contributed by atoms with Gasteiger partial charge in [-0.15, -0.1) is 0 Å². The van der Waals surface area contributed by atoms with Gasteiger partial charge in [-0.3, -0.25) is 0 Å². The van der Waals surface area contributed by atoms with Crippen LogP contribution in [0.1, 0.15) is 12.8 Å². The molecule has 0 aliphatic heterocycles. The average Bonchev–Trinajstić information content (AvgIpc) is 1.96. The Morgan fingerprint density at radius 3 is 2.58 bits per heavy atom. The number of aliphatic carboxylic acids is 1. The van der Waals surface area contributed by atoms with Crippen molar-refractivity contribution in [3.63, 3.8) is 0 Å². The van der Waals surface area contributed by atoms with E-state index in [1.54, 1.807) is 22.6 Å². The fourth-order valence-electron chi connectivity index (χ4n) is 0.614. The molecule has 72 valence electrons. The van der Waals surface area contributed by atoms with Crippen molar-refractivity contribution >= 4 is 32.4 Å². The molecule has 0 rings (SSSR count). The van der Waals surface area contributed by atoms with Crippen molar-refractivity contribution < 1.29 is 36.2 Å². The van der Waals surface area contributed by atoms with Crippen molar-refractivity contribution in [3.05, 3.63) is 0 Å². The Morgan fingerprint density at radius 2 is 2.25 bits per heavy atom. The number of hydrogen-bond donors (Lipinski definition) is 2. The summed E-state index contributed by atoms with van der Waals surface area (Å²) in [6.45, 7) is 0. The Kier molecular flexibility index (Phi) is 7.34. The molecule has 0 aliphatic carbocycles. The summed E-state index contributed by atoms with van der Waals surface area (Å²) < 4.78 is 2.90. The van der Waals surface area contributed by atoms with Crippen molar-refractivity contribution in [1.82, 2.24) is 3.53 Å². The minimum atomic E-state index is -0.866. The van der Waals surface area contributed by atoms with E-state index in [4.69, 9.17) is 5.11 Å². The molecular weight excluding hydrogens is 388 g/mol. The number of rotatable bonds is 6. The zero-order chi connectivity index (χ0) is 9.56. The predicted molar refractivity (Wildman–Crippen MR) is 48.7 cm³/mol. The molecule has 12 heavy (non-hydrogen) atoms. The third-order valence-corrected chi connectivity index (χ3v) is 3.08. The van der Waals surface area contributed by atoms with Crippen LogP contribution in [0.3, 0.4) is 0 Å². The molecule has 0 saturated carbocycles. The zero-order valence-electron chi connectivity index (χ0n) is 6.51. The second-order valence-electron chi connectivity index (χ2n) is 2.08. The van der Waals surface area contributed by atoms with Gasteiger partial charge in [0.15, 0.2) is 0 Å². The molecule has 0 fully saturated rings. The standard InChI is InChI=1S/C6H10I2NO3/c1-8-9-4(6(11)12)2-3-5(7)10/h4,9H,2-3H2,1H3,(H,11,12)/q-1. The molecule has 0 radical (unpaired) electrons. The van der Waals surface area contributed by atoms with Crippen LogP contribution in [0.25, 0.3) is 0 Å². The Balaban J connectivity index is 3.79. The third kappa shape index (κ3) is 6.12. The summed E-state index contributed by atoms with van der Waals surface area (Å²) in [5.41, 5.74) is 0. The molecule has 1 atom stereocenters. The van der Waals surface area contributed by atoms with Crippen molar-refractivity contribution in [2.24, 2.45) is 0 Å². The second kappa shape index (κ2) is 7.01. The van der Waals surface area contributed by atoms with Gasteiger partial charge in [-0.2, -0.15) is 0 Å². The zero-order valence-corrected chi connectivity index (χ0v) is 10.8. The normalized spacial score (nSPS) is 12.8. The van der Waals surface area contributed by atoms with E-state index >= 15 is 0 Å². The number of carboxylic acid groups (broad SMARTS) is 1. The van der Waals surface area contributed by atoms with E-state index < -0.39 is 12.0 Å². The van der Waals surface area contributed by atoms with Gasteiger partial charge in [0.05, 0.1) is 0 Å². The van der Waals surface area contributed by atoms with Gasteiger partial charge in [0.2, 0.25) is 0 Å². The molecule has 1 unspecified atom stereocenters. The number of halogens is 2. The maximum atomic E-state index is 10.5. The number of carboxylic acids is 1. The van der Waals surface area contributed by atoms with E-state index in [0.717, 1.165) is 0 Å². The van der Waals surface area contributed by atoms with Gasteiger partial charge in [-0.05, 0) is 0 Å². The summed E-state index contributed by atoms with van der Waals surface area (Å²) >= 11 is 1.43. The minimum absolute atomic E-state index is 0.00922. The summed E-state index contributed by atoms with van der Waals surface area (Å²) in [6, 6.07) is -0.540. The van der Waals surface area contributed by atoms with Crippen molar-refractivity contribution in [2.75, 3.05) is 4.93 Å². The van der Waals surface area contributed by atoms with Gasteiger partial charge in [-0.25, -0.2) is 0 Å². The Hall–Kier alpha value is 0.560. The molecule has 0 spiro atoms. The first-order valence-electron chi connectivity index (χ1n) is 3.23. The van der Waals surface area contributed by atoms with Crippen LogP contribution in [0, 0.1) is 0 Å². The summed E-state index contributed by atoms with van der Waals surface area (Å²) in [7, 11) is 0. The second-order valence-corrected chi connectivity index (χ2v) is 4.99. The first-order chi connectivity index (χ1) is 5.57. The van der Waals surface area contributed by atoms with Crippen LogP contribution in [-0.4, -0.2) is 25.8 Å². The van der Waals surface area contributed by atoms with Gasteiger partial charge >= 0.3 is 95.9 Å². The van der Waals surface area contributed by atoms with E-state index in [0.29, 0.717) is 12.8 Å². The fraction of sp³-hybridized carbons (Fsp3) is 0.667. The first-order valence-corrected chi connectivity index (χ1v) is 7.54. The number of carbonyl (C=O) groups is 2. The van der Waals surface area contributed by atoms with Crippen LogP contribution < -0.4 is 25.0 Å². The first kappa shape index (κ1) is 12.6. The van der Waals surface area contributed by atoms with Crippen molar-refractivity contribution in [1.29, 1.82) is 0 Å². The Morgan fingerprint density at radius 1 is 1.67 bits per heavy atom. The van der Waals surface area contributed by atoms with Crippen LogP contribution in [0.5, 0.6) is 0 Å². The molecule has 0 heterocycles. The fourth-order valence-corrected chi connectivity index (χ4v) is 2.26. The van der Waals surface area contributed by atoms with E-state index in [-0.39, 0.29) is 25.3 Å². The van der Waals surface area contributed by atoms with Crippen LogP contribution in [0.4, 0.5) is 0 Å². The third-order valence-electron chi connectivity index (χ3n) is 1.17. The molecular formula is C6H10I2NO3-. The number of hydrogen-bond acceptors (Lipinski definition) is 3. The molecule has 0 amide bonds. The van der Waals surface area contributed by atoms with Crippen molar-refractivity contribution in [3.8, 4) is 0 Å². The summed E-state index contributed by atoms with van der Waals surface area (Å²) in [5, 5.41) is 8.66. The molecule has 0 saturated heterocycles. The molecule has 0 aliphatic rings. The van der Waals surface area contributed by atoms with Crippen molar-refractivity contribution in [2.45, 2.75) is 18.9 Å². The predicted octanol–water partition coefficient (Wildman–Crippen LogP) is -2.60. The number of carbonyl (C=O) groups excluding carboxylic acids is 1. The van der Waals surface area contributed by atoms with E-state index in [1.165, 1.54) is 0 Å². The Bertz CT molecular complexity index is 174. The van der Waals surface area contributed by atoms with Gasteiger partial charge < -0.3 is 0 Å². The summed E-state index contributed by atoms with van der Waals surface area (Å²) in [4.78, 5) is 23.0. The number of alkyl halides is 1. The monoisotopic (exact) mass is 398 g/mol.